The van der Waals surface area contributed by atoms with E-state index >= 15 is 0 Å². The minimum Gasteiger partial charge on any atom is -0.480 e. The van der Waals surface area contributed by atoms with Crippen LogP contribution < -0.4 is 20.3 Å². The number of alkyl halides is 3. The Morgan fingerprint density at radius 3 is 2.47 bits per heavy atom. The van der Waals surface area contributed by atoms with Gasteiger partial charge in [-0.2, -0.15) is 17.9 Å². The van der Waals surface area contributed by atoms with Crippen molar-refractivity contribution in [3.05, 3.63) is 42.5 Å². The molecule has 1 aromatic carbocycles. The van der Waals surface area contributed by atoms with E-state index in [-0.39, 0.29) is 17.5 Å². The number of sulfonamides is 1. The largest absolute Gasteiger partial charge is 0.480 e. The van der Waals surface area contributed by atoms with Crippen LogP contribution in [-0.2, 0) is 32.3 Å². The second kappa shape index (κ2) is 12.1. The maximum atomic E-state index is 12.9. The number of carboxylic acid groups (broad SMARTS) is 1. The number of benzene rings is 1. The molecule has 2 aliphatic rings. The third-order valence-electron chi connectivity index (χ3n) is 7.15. The summed E-state index contributed by atoms with van der Waals surface area (Å²) in [4.78, 5) is 43.3. The van der Waals surface area contributed by atoms with Crippen molar-refractivity contribution in [1.29, 1.82) is 0 Å². The number of anilines is 1. The predicted octanol–water partition coefficient (Wildman–Crippen LogP) is 0.959. The number of hydrogen-bond acceptors (Lipinski definition) is 10. The van der Waals surface area contributed by atoms with Gasteiger partial charge in [-0.05, 0) is 43.5 Å². The smallest absolute Gasteiger partial charge is 0.416 e. The van der Waals surface area contributed by atoms with Gasteiger partial charge in [-0.3, -0.25) is 19.9 Å². The van der Waals surface area contributed by atoms with Gasteiger partial charge in [-0.15, -0.1) is 0 Å². The number of hydrogen-bond donors (Lipinski definition) is 4. The zero-order valence-electron chi connectivity index (χ0n) is 22.6. The van der Waals surface area contributed by atoms with E-state index in [0.29, 0.717) is 61.9 Å². The van der Waals surface area contributed by atoms with E-state index in [1.54, 1.807) is 0 Å². The van der Waals surface area contributed by atoms with Crippen molar-refractivity contribution >= 4 is 44.8 Å². The van der Waals surface area contributed by atoms with Crippen LogP contribution in [0.3, 0.4) is 0 Å². The molecule has 18 heteroatoms. The molecule has 0 spiro atoms. The summed E-state index contributed by atoms with van der Waals surface area (Å²) < 4.78 is 67.6. The molecular weight excluding hydrogens is 595 g/mol. The molecule has 0 aliphatic carbocycles. The van der Waals surface area contributed by atoms with Crippen molar-refractivity contribution in [2.24, 2.45) is 10.9 Å². The molecule has 2 aliphatic heterocycles. The Morgan fingerprint density at radius 1 is 1.12 bits per heavy atom. The molecule has 4 heterocycles. The lowest BCUT2D eigenvalue weighted by atomic mass is 9.96. The zero-order chi connectivity index (χ0) is 30.8. The van der Waals surface area contributed by atoms with Gasteiger partial charge in [0.15, 0.2) is 22.9 Å². The molecule has 1 atom stereocenters. The fourth-order valence-corrected chi connectivity index (χ4v) is 6.04. The van der Waals surface area contributed by atoms with Crippen molar-refractivity contribution in [3.63, 3.8) is 0 Å². The topological polar surface area (TPSA) is 184 Å². The highest BCUT2D eigenvalue weighted by Crippen LogP contribution is 2.30. The van der Waals surface area contributed by atoms with Crippen molar-refractivity contribution in [2.45, 2.75) is 42.9 Å². The van der Waals surface area contributed by atoms with E-state index in [1.807, 2.05) is 9.62 Å². The monoisotopic (exact) mass is 623 g/mol. The number of carbonyl (C=O) groups is 2. The molecule has 4 N–H and O–H groups in total. The molecule has 230 valence electrons. The molecule has 1 unspecified atom stereocenters. The summed E-state index contributed by atoms with van der Waals surface area (Å²) >= 11 is 0. The number of halogens is 3. The Bertz CT molecular complexity index is 1640. The first kappa shape index (κ1) is 30.1. The highest BCUT2D eigenvalue weighted by molar-refractivity contribution is 7.89. The molecule has 1 amide bonds. The SMILES string of the molecule is O=C(NC1=NCCCN1)C1CCN(c2ncnc3c2ncn3CC(NS(=O)(=O)c2ccc(C(F)(F)F)cc2)C(=O)O)CC1. The molecule has 14 nitrogen and oxygen atoms in total. The van der Waals surface area contributed by atoms with Crippen LogP contribution in [0.4, 0.5) is 19.0 Å². The second-order valence-corrected chi connectivity index (χ2v) is 11.8. The molecule has 3 aromatic rings. The summed E-state index contributed by atoms with van der Waals surface area (Å²) in [5, 5.41) is 15.6. The molecule has 43 heavy (non-hydrogen) atoms. The number of fused-ring (bicyclic) bond motifs is 1. The van der Waals surface area contributed by atoms with Crippen LogP contribution in [0.5, 0.6) is 0 Å². The standard InChI is InChI=1S/C25H28F3N9O5S/c26-25(27,28)16-2-4-17(5-3-16)43(41,42)35-18(23(39)40)12-37-14-33-19-20(31-13-32-21(19)37)36-10-6-15(7-11-36)22(38)34-24-29-8-1-9-30-24/h2-5,13-15,18,35H,1,6-12H2,(H,39,40)(H2,29,30,34,38). The maximum Gasteiger partial charge on any atom is 0.416 e. The normalized spacial score (nSPS) is 17.3. The van der Waals surface area contributed by atoms with Gasteiger partial charge in [0.1, 0.15) is 12.4 Å². The van der Waals surface area contributed by atoms with E-state index < -0.39 is 45.2 Å². The number of amides is 1. The Morgan fingerprint density at radius 2 is 1.84 bits per heavy atom. The first-order valence-electron chi connectivity index (χ1n) is 13.3. The number of aliphatic imine (C=N–C) groups is 1. The number of carboxylic acids is 1. The van der Waals surface area contributed by atoms with E-state index in [2.05, 4.69) is 30.6 Å². The van der Waals surface area contributed by atoms with Gasteiger partial charge in [0.25, 0.3) is 0 Å². The van der Waals surface area contributed by atoms with Gasteiger partial charge in [0, 0.05) is 32.1 Å². The summed E-state index contributed by atoms with van der Waals surface area (Å²) in [7, 11) is -4.49. The maximum absolute atomic E-state index is 12.9. The number of aliphatic carboxylic acids is 1. The minimum atomic E-state index is -4.66. The van der Waals surface area contributed by atoms with Gasteiger partial charge >= 0.3 is 12.1 Å². The summed E-state index contributed by atoms with van der Waals surface area (Å²) in [5.74, 6) is -0.863. The van der Waals surface area contributed by atoms with Crippen molar-refractivity contribution < 1.29 is 36.3 Å². The molecule has 0 radical (unpaired) electrons. The molecule has 2 aromatic heterocycles. The number of imidazole rings is 1. The lowest BCUT2D eigenvalue weighted by Gasteiger charge is -2.32. The van der Waals surface area contributed by atoms with E-state index in [0.717, 1.165) is 25.1 Å². The zero-order valence-corrected chi connectivity index (χ0v) is 23.4. The summed E-state index contributed by atoms with van der Waals surface area (Å²) in [6.45, 7) is 2.01. The number of piperidine rings is 1. The van der Waals surface area contributed by atoms with Gasteiger partial charge in [0.05, 0.1) is 23.3 Å². The molecular formula is C25H28F3N9O5S. The molecule has 1 saturated heterocycles. The number of rotatable bonds is 8. The van der Waals surface area contributed by atoms with Crippen LogP contribution in [0.15, 0.2) is 46.8 Å². The van der Waals surface area contributed by atoms with Crippen LogP contribution in [0.25, 0.3) is 11.2 Å². The van der Waals surface area contributed by atoms with Gasteiger partial charge < -0.3 is 19.9 Å². The highest BCUT2D eigenvalue weighted by atomic mass is 32.2. The molecule has 1 fully saturated rings. The van der Waals surface area contributed by atoms with Crippen LogP contribution >= 0.6 is 0 Å². The lowest BCUT2D eigenvalue weighted by molar-refractivity contribution is -0.139. The molecule has 0 saturated carbocycles. The van der Waals surface area contributed by atoms with Crippen LogP contribution in [0.2, 0.25) is 0 Å². The molecule has 5 rings (SSSR count). The number of nitrogens with one attached hydrogen (secondary N) is 3. The Kier molecular flexibility index (Phi) is 8.50. The van der Waals surface area contributed by atoms with Crippen molar-refractivity contribution in [3.8, 4) is 0 Å². The van der Waals surface area contributed by atoms with E-state index in [4.69, 9.17) is 0 Å². The van der Waals surface area contributed by atoms with Gasteiger partial charge in [0.2, 0.25) is 15.9 Å². The first-order valence-corrected chi connectivity index (χ1v) is 14.8. The number of guanidine groups is 1. The fourth-order valence-electron chi connectivity index (χ4n) is 4.86. The van der Waals surface area contributed by atoms with Crippen LogP contribution in [0.1, 0.15) is 24.8 Å². The summed E-state index contributed by atoms with van der Waals surface area (Å²) in [6.07, 6.45) is -0.0471. The van der Waals surface area contributed by atoms with Gasteiger partial charge in [-0.25, -0.2) is 23.4 Å². The number of aromatic nitrogens is 4. The Labute approximate surface area is 243 Å². The first-order chi connectivity index (χ1) is 20.4. The molecule has 0 bridgehead atoms. The van der Waals surface area contributed by atoms with Crippen molar-refractivity contribution in [2.75, 3.05) is 31.1 Å². The lowest BCUT2D eigenvalue weighted by Crippen LogP contribution is -2.48. The number of carbonyl (C=O) groups excluding carboxylic acids is 1. The Balaban J connectivity index is 1.27. The minimum absolute atomic E-state index is 0.108. The van der Waals surface area contributed by atoms with E-state index in [1.165, 1.54) is 17.2 Å². The van der Waals surface area contributed by atoms with Crippen LogP contribution in [-0.4, -0.2) is 83.1 Å². The third kappa shape index (κ3) is 6.85. The highest BCUT2D eigenvalue weighted by Gasteiger charge is 2.32. The average molecular weight is 624 g/mol. The van der Waals surface area contributed by atoms with Gasteiger partial charge in [-0.1, -0.05) is 0 Å². The predicted molar refractivity (Wildman–Crippen MR) is 147 cm³/mol. The quantitative estimate of drug-likeness (QED) is 0.282. The summed E-state index contributed by atoms with van der Waals surface area (Å²) in [6, 6.07) is 1.02. The Hall–Kier alpha value is -4.32. The van der Waals surface area contributed by atoms with Crippen molar-refractivity contribution in [1.82, 2.24) is 34.9 Å². The van der Waals surface area contributed by atoms with E-state index in [9.17, 15) is 36.3 Å². The van der Waals surface area contributed by atoms with Crippen LogP contribution in [0, 0.1) is 5.92 Å². The summed E-state index contributed by atoms with van der Waals surface area (Å²) in [5.41, 5.74) is -0.423. The fraction of sp³-hybridized carbons (Fsp3) is 0.440. The third-order valence-corrected chi connectivity index (χ3v) is 8.64. The average Bonchev–Trinajstić information content (AvgIpc) is 3.40. The second-order valence-electron chi connectivity index (χ2n) is 10.1. The number of nitrogens with zero attached hydrogens (tertiary/aromatic N) is 6.